The first-order valence-corrected chi connectivity index (χ1v) is 4.86. The van der Waals surface area contributed by atoms with Crippen LogP contribution in [0.15, 0.2) is 22.7 Å². The first kappa shape index (κ1) is 11.6. The maximum atomic E-state index is 10.6. The summed E-state index contributed by atoms with van der Waals surface area (Å²) in [6, 6.07) is 4.57. The lowest BCUT2D eigenvalue weighted by Crippen LogP contribution is -1.99. The number of esters is 1. The molecule has 0 aliphatic heterocycles. The third-order valence-electron chi connectivity index (χ3n) is 1.65. The van der Waals surface area contributed by atoms with Crippen LogP contribution in [0.1, 0.15) is 12.5 Å². The van der Waals surface area contributed by atoms with E-state index in [1.165, 1.54) is 13.0 Å². The normalized spacial score (nSPS) is 9.73. The summed E-state index contributed by atoms with van der Waals surface area (Å²) in [6.45, 7) is 1.33. The first-order valence-electron chi connectivity index (χ1n) is 4.07. The van der Waals surface area contributed by atoms with Gasteiger partial charge < -0.3 is 4.74 Å². The van der Waals surface area contributed by atoms with Crippen LogP contribution in [-0.2, 0) is 16.1 Å². The van der Waals surface area contributed by atoms with Crippen LogP contribution in [0.25, 0.3) is 0 Å². The number of nitro groups is 1. The second kappa shape index (κ2) is 4.88. The molecule has 0 spiro atoms. The van der Waals surface area contributed by atoms with Gasteiger partial charge in [0, 0.05) is 13.0 Å². The van der Waals surface area contributed by atoms with Gasteiger partial charge in [-0.3, -0.25) is 14.9 Å². The van der Waals surface area contributed by atoms with Gasteiger partial charge in [-0.1, -0.05) is 6.07 Å². The topological polar surface area (TPSA) is 69.4 Å². The minimum absolute atomic E-state index is 0.0420. The van der Waals surface area contributed by atoms with Gasteiger partial charge in [-0.05, 0) is 27.6 Å². The molecule has 0 saturated carbocycles. The van der Waals surface area contributed by atoms with Gasteiger partial charge >= 0.3 is 5.97 Å². The molecule has 0 saturated heterocycles. The summed E-state index contributed by atoms with van der Waals surface area (Å²) in [7, 11) is 0. The minimum atomic E-state index is -0.499. The molecule has 0 aliphatic carbocycles. The van der Waals surface area contributed by atoms with E-state index in [9.17, 15) is 14.9 Å². The Bertz CT molecular complexity index is 405. The molecule has 1 rings (SSSR count). The van der Waals surface area contributed by atoms with E-state index < -0.39 is 10.9 Å². The van der Waals surface area contributed by atoms with Gasteiger partial charge in [-0.2, -0.15) is 0 Å². The number of nitrogens with zero attached hydrogens (tertiary/aromatic N) is 1. The van der Waals surface area contributed by atoms with Crippen molar-refractivity contribution in [3.05, 3.63) is 38.3 Å². The second-order valence-electron chi connectivity index (χ2n) is 2.82. The van der Waals surface area contributed by atoms with Gasteiger partial charge in [0.05, 0.1) is 9.40 Å². The van der Waals surface area contributed by atoms with Crippen molar-refractivity contribution in [2.45, 2.75) is 13.5 Å². The molecule has 0 aromatic heterocycles. The Morgan fingerprint density at radius 1 is 1.60 bits per heavy atom. The van der Waals surface area contributed by atoms with Gasteiger partial charge in [-0.15, -0.1) is 0 Å². The molecule has 6 heteroatoms. The zero-order chi connectivity index (χ0) is 11.4. The van der Waals surface area contributed by atoms with E-state index in [4.69, 9.17) is 4.74 Å². The van der Waals surface area contributed by atoms with E-state index in [1.54, 1.807) is 12.1 Å². The lowest BCUT2D eigenvalue weighted by atomic mass is 10.2. The molecule has 0 atom stereocenters. The number of ether oxygens (including phenoxy) is 1. The molecule has 1 aromatic carbocycles. The number of hydrogen-bond donors (Lipinski definition) is 0. The van der Waals surface area contributed by atoms with Crippen molar-refractivity contribution < 1.29 is 14.5 Å². The van der Waals surface area contributed by atoms with Crippen molar-refractivity contribution in [3.8, 4) is 0 Å². The maximum Gasteiger partial charge on any atom is 0.302 e. The molecule has 0 unspecified atom stereocenters. The second-order valence-corrected chi connectivity index (χ2v) is 3.68. The highest BCUT2D eigenvalue weighted by Gasteiger charge is 2.12. The summed E-state index contributed by atoms with van der Waals surface area (Å²) in [4.78, 5) is 20.6. The van der Waals surface area contributed by atoms with E-state index >= 15 is 0 Å². The van der Waals surface area contributed by atoms with Gasteiger partial charge in [0.2, 0.25) is 0 Å². The zero-order valence-corrected chi connectivity index (χ0v) is 9.48. The molecule has 0 amide bonds. The molecule has 80 valence electrons. The molecule has 0 aliphatic rings. The third-order valence-corrected chi connectivity index (χ3v) is 2.32. The smallest absolute Gasteiger partial charge is 0.302 e. The summed E-state index contributed by atoms with van der Waals surface area (Å²) >= 11 is 3.06. The quantitative estimate of drug-likeness (QED) is 0.482. The van der Waals surface area contributed by atoms with Crippen molar-refractivity contribution in [2.75, 3.05) is 0 Å². The summed E-state index contributed by atoms with van der Waals surface area (Å²) in [6.07, 6.45) is 0. The standard InChI is InChI=1S/C9H8BrNO4/c1-6(12)15-5-7-2-3-8(10)9(4-7)11(13)14/h2-4H,5H2,1H3. The largest absolute Gasteiger partial charge is 0.461 e. The highest BCUT2D eigenvalue weighted by Crippen LogP contribution is 2.25. The van der Waals surface area contributed by atoms with E-state index in [-0.39, 0.29) is 12.3 Å². The Morgan fingerprint density at radius 3 is 2.80 bits per heavy atom. The summed E-state index contributed by atoms with van der Waals surface area (Å²) in [5.41, 5.74) is 0.541. The minimum Gasteiger partial charge on any atom is -0.461 e. The SMILES string of the molecule is CC(=O)OCc1ccc(Br)c([N+](=O)[O-])c1. The monoisotopic (exact) mass is 273 g/mol. The summed E-state index contributed by atoms with van der Waals surface area (Å²) < 4.78 is 5.13. The number of carbonyl (C=O) groups excluding carboxylic acids is 1. The van der Waals surface area contributed by atoms with E-state index in [1.807, 2.05) is 0 Å². The molecule has 0 bridgehead atoms. The number of carbonyl (C=O) groups is 1. The number of hydrogen-bond acceptors (Lipinski definition) is 4. The van der Waals surface area contributed by atoms with Crippen molar-refractivity contribution >= 4 is 27.6 Å². The van der Waals surface area contributed by atoms with Crippen molar-refractivity contribution in [3.63, 3.8) is 0 Å². The van der Waals surface area contributed by atoms with Gasteiger partial charge in [0.1, 0.15) is 6.61 Å². The van der Waals surface area contributed by atoms with Crippen LogP contribution < -0.4 is 0 Å². The summed E-state index contributed by atoms with van der Waals surface area (Å²) in [5.74, 6) is -0.416. The number of nitro benzene ring substituents is 1. The Labute approximate surface area is 94.3 Å². The van der Waals surface area contributed by atoms with Crippen molar-refractivity contribution in [1.29, 1.82) is 0 Å². The Balaban J connectivity index is 2.87. The molecule has 0 fully saturated rings. The average Bonchev–Trinajstić information content (AvgIpc) is 2.16. The van der Waals surface area contributed by atoms with Crippen molar-refractivity contribution in [1.82, 2.24) is 0 Å². The molecule has 15 heavy (non-hydrogen) atoms. The van der Waals surface area contributed by atoms with E-state index in [0.29, 0.717) is 10.0 Å². The van der Waals surface area contributed by atoms with Crippen LogP contribution in [0.4, 0.5) is 5.69 Å². The van der Waals surface area contributed by atoms with Crippen LogP contribution in [-0.4, -0.2) is 10.9 Å². The van der Waals surface area contributed by atoms with Crippen LogP contribution >= 0.6 is 15.9 Å². The fourth-order valence-corrected chi connectivity index (χ4v) is 1.36. The molecular formula is C9H8BrNO4. The third kappa shape index (κ3) is 3.32. The summed E-state index contributed by atoms with van der Waals surface area (Å²) in [5, 5.41) is 10.6. The number of benzene rings is 1. The predicted octanol–water partition coefficient (Wildman–Crippen LogP) is 2.42. The Morgan fingerprint density at radius 2 is 2.27 bits per heavy atom. The van der Waals surface area contributed by atoms with Crippen LogP contribution in [0.3, 0.4) is 0 Å². The molecule has 1 aromatic rings. The highest BCUT2D eigenvalue weighted by atomic mass is 79.9. The number of rotatable bonds is 3. The van der Waals surface area contributed by atoms with Crippen LogP contribution in [0.5, 0.6) is 0 Å². The van der Waals surface area contributed by atoms with Gasteiger partial charge in [0.15, 0.2) is 0 Å². The fourth-order valence-electron chi connectivity index (χ4n) is 0.973. The molecule has 0 N–H and O–H groups in total. The van der Waals surface area contributed by atoms with Crippen LogP contribution in [0.2, 0.25) is 0 Å². The lowest BCUT2D eigenvalue weighted by Gasteiger charge is -2.02. The van der Waals surface area contributed by atoms with Gasteiger partial charge in [-0.25, -0.2) is 0 Å². The number of halogens is 1. The molecule has 0 radical (unpaired) electrons. The fraction of sp³-hybridized carbons (Fsp3) is 0.222. The first-order chi connectivity index (χ1) is 7.00. The van der Waals surface area contributed by atoms with E-state index in [2.05, 4.69) is 15.9 Å². The lowest BCUT2D eigenvalue weighted by molar-refractivity contribution is -0.385. The predicted molar refractivity (Wildman–Crippen MR) is 56.3 cm³/mol. The maximum absolute atomic E-state index is 10.6. The van der Waals surface area contributed by atoms with Crippen molar-refractivity contribution in [2.24, 2.45) is 0 Å². The molecular weight excluding hydrogens is 266 g/mol. The van der Waals surface area contributed by atoms with Gasteiger partial charge in [0.25, 0.3) is 5.69 Å². The van der Waals surface area contributed by atoms with Crippen LogP contribution in [0, 0.1) is 10.1 Å². The zero-order valence-electron chi connectivity index (χ0n) is 7.90. The molecule has 5 nitrogen and oxygen atoms in total. The Kier molecular flexibility index (Phi) is 3.79. The average molecular weight is 274 g/mol. The Hall–Kier alpha value is -1.43. The molecule has 0 heterocycles. The highest BCUT2D eigenvalue weighted by molar-refractivity contribution is 9.10. The van der Waals surface area contributed by atoms with E-state index in [0.717, 1.165) is 0 Å².